The van der Waals surface area contributed by atoms with Crippen LogP contribution in [0.1, 0.15) is 41.7 Å². The molecule has 4 aromatic carbocycles. The number of carbonyl (C=O) groups is 2. The molecule has 0 saturated heterocycles. The summed E-state index contributed by atoms with van der Waals surface area (Å²) in [6.07, 6.45) is 0.270. The van der Waals surface area contributed by atoms with E-state index in [-0.39, 0.29) is 29.8 Å². The average Bonchev–Trinajstić information content (AvgIpc) is 3.00. The molecule has 0 aliphatic carbocycles. The van der Waals surface area contributed by atoms with E-state index in [1.807, 2.05) is 101 Å². The van der Waals surface area contributed by atoms with Gasteiger partial charge in [-0.05, 0) is 81.1 Å². The van der Waals surface area contributed by atoms with Crippen LogP contribution in [0.3, 0.4) is 0 Å². The van der Waals surface area contributed by atoms with Crippen molar-refractivity contribution < 1.29 is 18.0 Å². The van der Waals surface area contributed by atoms with E-state index in [2.05, 4.69) is 5.32 Å². The summed E-state index contributed by atoms with van der Waals surface area (Å²) in [5.41, 5.74) is 4.93. The molecule has 0 radical (unpaired) electrons. The minimum Gasteiger partial charge on any atom is -0.352 e. The molecule has 0 aromatic heterocycles. The summed E-state index contributed by atoms with van der Waals surface area (Å²) in [7, 11) is -4.14. The zero-order valence-electron chi connectivity index (χ0n) is 26.0. The zero-order valence-corrected chi connectivity index (χ0v) is 26.8. The Bertz CT molecular complexity index is 1670. The number of benzene rings is 4. The van der Waals surface area contributed by atoms with Crippen LogP contribution in [0.25, 0.3) is 0 Å². The summed E-state index contributed by atoms with van der Waals surface area (Å²) in [5, 5.41) is 2.98. The van der Waals surface area contributed by atoms with Gasteiger partial charge in [-0.15, -0.1) is 0 Å². The molecule has 44 heavy (non-hydrogen) atoms. The minimum absolute atomic E-state index is 0.0853. The van der Waals surface area contributed by atoms with Crippen molar-refractivity contribution in [2.45, 2.75) is 64.6 Å². The van der Waals surface area contributed by atoms with E-state index >= 15 is 0 Å². The Hall–Kier alpha value is -4.43. The first kappa shape index (κ1) is 32.5. The van der Waals surface area contributed by atoms with Crippen molar-refractivity contribution in [1.82, 2.24) is 10.2 Å². The van der Waals surface area contributed by atoms with Crippen molar-refractivity contribution in [2.75, 3.05) is 10.8 Å². The molecule has 0 spiro atoms. The van der Waals surface area contributed by atoms with Gasteiger partial charge in [0.25, 0.3) is 10.0 Å². The average molecular weight is 612 g/mol. The summed E-state index contributed by atoms with van der Waals surface area (Å²) < 4.78 is 29.5. The molecular weight excluding hydrogens is 570 g/mol. The molecule has 2 amide bonds. The van der Waals surface area contributed by atoms with Gasteiger partial charge in [-0.1, -0.05) is 84.4 Å². The van der Waals surface area contributed by atoms with Crippen molar-refractivity contribution >= 4 is 27.5 Å². The third-order valence-electron chi connectivity index (χ3n) is 7.56. The first-order valence-corrected chi connectivity index (χ1v) is 16.2. The summed E-state index contributed by atoms with van der Waals surface area (Å²) in [6.45, 7) is 9.14. The normalized spacial score (nSPS) is 12.0. The second-order valence-electron chi connectivity index (χ2n) is 11.5. The lowest BCUT2D eigenvalue weighted by molar-refractivity contribution is -0.140. The van der Waals surface area contributed by atoms with E-state index in [4.69, 9.17) is 0 Å². The van der Waals surface area contributed by atoms with Gasteiger partial charge < -0.3 is 10.2 Å². The number of nitrogens with zero attached hydrogens (tertiary/aromatic N) is 2. The van der Waals surface area contributed by atoms with Crippen molar-refractivity contribution in [3.05, 3.63) is 131 Å². The molecule has 4 rings (SSSR count). The predicted molar refractivity (Wildman–Crippen MR) is 176 cm³/mol. The summed E-state index contributed by atoms with van der Waals surface area (Å²) in [6, 6.07) is 29.9. The van der Waals surface area contributed by atoms with Crippen LogP contribution in [0.4, 0.5) is 5.69 Å². The number of nitrogens with one attached hydrogen (secondary N) is 1. The number of anilines is 1. The fourth-order valence-electron chi connectivity index (χ4n) is 4.96. The maximum atomic E-state index is 14.5. The van der Waals surface area contributed by atoms with Crippen LogP contribution in [-0.4, -0.2) is 43.8 Å². The van der Waals surface area contributed by atoms with Gasteiger partial charge in [0.1, 0.15) is 12.6 Å². The van der Waals surface area contributed by atoms with Gasteiger partial charge in [0, 0.05) is 19.0 Å². The molecule has 0 aliphatic heterocycles. The van der Waals surface area contributed by atoms with Crippen LogP contribution in [0.5, 0.6) is 0 Å². The second kappa shape index (κ2) is 14.4. The van der Waals surface area contributed by atoms with Crippen LogP contribution in [0, 0.1) is 20.8 Å². The van der Waals surface area contributed by atoms with Crippen molar-refractivity contribution in [1.29, 1.82) is 0 Å². The Morgan fingerprint density at radius 2 is 1.34 bits per heavy atom. The number of carbonyl (C=O) groups excluding carboxylic acids is 2. The number of hydrogen-bond acceptors (Lipinski definition) is 4. The Balaban J connectivity index is 1.81. The van der Waals surface area contributed by atoms with Gasteiger partial charge in [-0.3, -0.25) is 13.9 Å². The molecule has 1 N–H and O–H groups in total. The Labute approximate surface area is 261 Å². The Morgan fingerprint density at radius 3 is 1.91 bits per heavy atom. The summed E-state index contributed by atoms with van der Waals surface area (Å²) in [4.78, 5) is 29.8. The van der Waals surface area contributed by atoms with Gasteiger partial charge in [0.2, 0.25) is 11.8 Å². The van der Waals surface area contributed by atoms with Crippen molar-refractivity contribution in [2.24, 2.45) is 0 Å². The quantitative estimate of drug-likeness (QED) is 0.214. The number of amides is 2. The predicted octanol–water partition coefficient (Wildman–Crippen LogP) is 5.97. The van der Waals surface area contributed by atoms with E-state index in [9.17, 15) is 18.0 Å². The molecule has 230 valence electrons. The highest BCUT2D eigenvalue weighted by Gasteiger charge is 2.35. The molecule has 0 fully saturated rings. The number of aryl methyl sites for hydroxylation is 3. The largest absolute Gasteiger partial charge is 0.352 e. The Morgan fingerprint density at radius 1 is 0.750 bits per heavy atom. The molecule has 1 atom stereocenters. The summed E-state index contributed by atoms with van der Waals surface area (Å²) >= 11 is 0. The van der Waals surface area contributed by atoms with Crippen LogP contribution in [0.15, 0.2) is 108 Å². The smallest absolute Gasteiger partial charge is 0.264 e. The van der Waals surface area contributed by atoms with E-state index in [1.165, 1.54) is 4.90 Å². The Kier molecular flexibility index (Phi) is 10.6. The molecule has 8 heteroatoms. The van der Waals surface area contributed by atoms with Crippen LogP contribution >= 0.6 is 0 Å². The molecule has 0 aliphatic rings. The topological polar surface area (TPSA) is 86.8 Å². The monoisotopic (exact) mass is 611 g/mol. The third kappa shape index (κ3) is 8.14. The van der Waals surface area contributed by atoms with E-state index in [0.29, 0.717) is 5.69 Å². The maximum absolute atomic E-state index is 14.5. The van der Waals surface area contributed by atoms with Gasteiger partial charge in [-0.2, -0.15) is 0 Å². The van der Waals surface area contributed by atoms with Gasteiger partial charge in [0.05, 0.1) is 10.6 Å². The second-order valence-corrected chi connectivity index (χ2v) is 13.3. The SMILES string of the molecule is Cc1ccc(S(=O)(=O)N(CC(=O)N(Cc2ccccc2)[C@H](Cc2ccccc2)C(=O)NC(C)C)c2ccc(C)c(C)c2)cc1. The first-order valence-electron chi connectivity index (χ1n) is 14.8. The standard InChI is InChI=1S/C36H41N3O4S/c1-26(2)37-36(41)34(23-30-12-8-6-9-13-30)38(24-31-14-10-7-11-15-31)35(40)25-39(32-19-18-28(4)29(5)22-32)44(42,43)33-20-16-27(3)17-21-33/h6-22,26,34H,23-25H2,1-5H3,(H,37,41)/t34-/m1/s1. The highest BCUT2D eigenvalue weighted by Crippen LogP contribution is 2.27. The molecule has 0 bridgehead atoms. The zero-order chi connectivity index (χ0) is 31.9. The molecular formula is C36H41N3O4S. The lowest BCUT2D eigenvalue weighted by Crippen LogP contribution is -2.54. The van der Waals surface area contributed by atoms with Crippen molar-refractivity contribution in [3.8, 4) is 0 Å². The highest BCUT2D eigenvalue weighted by molar-refractivity contribution is 7.92. The molecule has 0 heterocycles. The van der Waals surface area contributed by atoms with Crippen LogP contribution < -0.4 is 9.62 Å². The lowest BCUT2D eigenvalue weighted by atomic mass is 10.0. The van der Waals surface area contributed by atoms with Gasteiger partial charge >= 0.3 is 0 Å². The number of hydrogen-bond donors (Lipinski definition) is 1. The fraction of sp³-hybridized carbons (Fsp3) is 0.278. The van der Waals surface area contributed by atoms with Crippen LogP contribution in [0.2, 0.25) is 0 Å². The highest BCUT2D eigenvalue weighted by atomic mass is 32.2. The van der Waals surface area contributed by atoms with E-state index in [0.717, 1.165) is 32.1 Å². The molecule has 4 aromatic rings. The molecule has 7 nitrogen and oxygen atoms in total. The third-order valence-corrected chi connectivity index (χ3v) is 9.35. The van der Waals surface area contributed by atoms with E-state index in [1.54, 1.807) is 36.4 Å². The minimum atomic E-state index is -4.14. The fourth-order valence-corrected chi connectivity index (χ4v) is 6.37. The van der Waals surface area contributed by atoms with Crippen molar-refractivity contribution in [3.63, 3.8) is 0 Å². The number of rotatable bonds is 12. The molecule has 0 saturated carbocycles. The molecule has 0 unspecified atom stereocenters. The lowest BCUT2D eigenvalue weighted by Gasteiger charge is -2.34. The first-order chi connectivity index (χ1) is 21.0. The number of sulfonamides is 1. The maximum Gasteiger partial charge on any atom is 0.264 e. The van der Waals surface area contributed by atoms with E-state index < -0.39 is 28.5 Å². The van der Waals surface area contributed by atoms with Crippen LogP contribution in [-0.2, 0) is 32.6 Å². The summed E-state index contributed by atoms with van der Waals surface area (Å²) in [5.74, 6) is -0.783. The van der Waals surface area contributed by atoms with Gasteiger partial charge in [0.15, 0.2) is 0 Å². The van der Waals surface area contributed by atoms with Gasteiger partial charge in [-0.25, -0.2) is 8.42 Å².